The van der Waals surface area contributed by atoms with Gasteiger partial charge in [0.15, 0.2) is 0 Å². The number of nitrogens with zero attached hydrogens (tertiary/aromatic N) is 1. The van der Waals surface area contributed by atoms with Gasteiger partial charge in [0.05, 0.1) is 0 Å². The Morgan fingerprint density at radius 3 is 2.95 bits per heavy atom. The Labute approximate surface area is 124 Å². The van der Waals surface area contributed by atoms with E-state index < -0.39 is 0 Å². The lowest BCUT2D eigenvalue weighted by atomic mass is 10.1. The van der Waals surface area contributed by atoms with Gasteiger partial charge in [-0.3, -0.25) is 0 Å². The Kier molecular flexibility index (Phi) is 6.36. The lowest BCUT2D eigenvalue weighted by Gasteiger charge is -2.27. The largest absolute Gasteiger partial charge is 0.458 e. The van der Waals surface area contributed by atoms with Crippen molar-refractivity contribution < 1.29 is 9.53 Å². The normalized spacial score (nSPS) is 28.1. The molecule has 0 saturated carbocycles. The van der Waals surface area contributed by atoms with E-state index in [1.807, 2.05) is 12.2 Å². The Hall–Kier alpha value is -1.04. The van der Waals surface area contributed by atoms with Gasteiger partial charge in [0, 0.05) is 43.7 Å². The molecule has 1 fully saturated rings. The number of piperazine rings is 1. The molecule has 0 unspecified atom stereocenters. The highest BCUT2D eigenvalue weighted by Crippen LogP contribution is 2.25. The molecule has 1 N–H and O–H groups in total. The lowest BCUT2D eigenvalue weighted by Crippen LogP contribution is -2.43. The molecule has 2 aliphatic rings. The van der Waals surface area contributed by atoms with Gasteiger partial charge < -0.3 is 15.0 Å². The van der Waals surface area contributed by atoms with Gasteiger partial charge in [-0.2, -0.15) is 0 Å². The number of esters is 1. The quantitative estimate of drug-likeness (QED) is 0.797. The van der Waals surface area contributed by atoms with Gasteiger partial charge in [-0.1, -0.05) is 12.2 Å². The number of carbonyl (C=O) groups is 1. The van der Waals surface area contributed by atoms with E-state index in [2.05, 4.69) is 16.5 Å². The molecule has 5 heteroatoms. The number of nitrogens with one attached hydrogen (secondary N) is 1. The number of thioether (sulfide) groups is 1. The summed E-state index contributed by atoms with van der Waals surface area (Å²) in [6, 6.07) is 0. The van der Waals surface area contributed by atoms with Crippen LogP contribution in [0.15, 0.2) is 34.8 Å². The van der Waals surface area contributed by atoms with E-state index in [1.165, 1.54) is 16.6 Å². The summed E-state index contributed by atoms with van der Waals surface area (Å²) >= 11 is 1.71. The summed E-state index contributed by atoms with van der Waals surface area (Å²) in [5.74, 6) is -0.277. The van der Waals surface area contributed by atoms with Crippen molar-refractivity contribution in [3.05, 3.63) is 34.8 Å². The zero-order chi connectivity index (χ0) is 14.2. The minimum atomic E-state index is -0.277. The number of rotatable bonds is 4. The molecule has 0 atom stereocenters. The van der Waals surface area contributed by atoms with Crippen LogP contribution in [0.25, 0.3) is 0 Å². The summed E-state index contributed by atoms with van der Waals surface area (Å²) in [5.41, 5.74) is 1.28. The molecular weight excluding hydrogens is 272 g/mol. The molecule has 110 valence electrons. The molecule has 0 radical (unpaired) electrons. The van der Waals surface area contributed by atoms with Gasteiger partial charge in [-0.05, 0) is 24.3 Å². The third kappa shape index (κ3) is 4.81. The van der Waals surface area contributed by atoms with E-state index in [0.717, 1.165) is 39.1 Å². The monoisotopic (exact) mass is 294 g/mol. The molecule has 0 amide bonds. The highest BCUT2D eigenvalue weighted by atomic mass is 32.2. The number of ether oxygens (including phenoxy) is 1. The third-order valence-electron chi connectivity index (χ3n) is 3.47. The van der Waals surface area contributed by atoms with E-state index in [0.29, 0.717) is 6.61 Å². The third-order valence-corrected chi connectivity index (χ3v) is 4.34. The molecule has 0 aliphatic carbocycles. The van der Waals surface area contributed by atoms with Crippen molar-refractivity contribution in [2.24, 2.45) is 0 Å². The SMILES string of the molecule is CSC1=C\COC(=O)/C=C/C=C\1CCN1CCNCC1. The topological polar surface area (TPSA) is 41.6 Å². The summed E-state index contributed by atoms with van der Waals surface area (Å²) in [4.78, 5) is 15.0. The van der Waals surface area contributed by atoms with E-state index in [9.17, 15) is 4.79 Å². The minimum Gasteiger partial charge on any atom is -0.458 e. The van der Waals surface area contributed by atoms with Gasteiger partial charge in [0.25, 0.3) is 0 Å². The number of hydrogen-bond donors (Lipinski definition) is 1. The molecule has 20 heavy (non-hydrogen) atoms. The van der Waals surface area contributed by atoms with Gasteiger partial charge in [0.2, 0.25) is 0 Å². The fraction of sp³-hybridized carbons (Fsp3) is 0.533. The molecular formula is C15H22N2O2S. The molecule has 0 aromatic carbocycles. The maximum absolute atomic E-state index is 11.3. The average Bonchev–Trinajstić information content (AvgIpc) is 2.56. The van der Waals surface area contributed by atoms with Crippen LogP contribution in [0.1, 0.15) is 6.42 Å². The highest BCUT2D eigenvalue weighted by Gasteiger charge is 2.12. The van der Waals surface area contributed by atoms with Crippen molar-refractivity contribution in [3.8, 4) is 0 Å². The summed E-state index contributed by atoms with van der Waals surface area (Å²) in [6.45, 7) is 5.80. The van der Waals surface area contributed by atoms with Gasteiger partial charge in [-0.15, -0.1) is 11.8 Å². The first-order chi connectivity index (χ1) is 9.79. The summed E-state index contributed by atoms with van der Waals surface area (Å²) < 4.78 is 5.07. The van der Waals surface area contributed by atoms with Gasteiger partial charge in [-0.25, -0.2) is 4.79 Å². The predicted octanol–water partition coefficient (Wildman–Crippen LogP) is 1.57. The van der Waals surface area contributed by atoms with Gasteiger partial charge >= 0.3 is 5.97 Å². The predicted molar refractivity (Wildman–Crippen MR) is 83.7 cm³/mol. The molecule has 2 aliphatic heterocycles. The van der Waals surface area contributed by atoms with Crippen molar-refractivity contribution in [1.82, 2.24) is 10.2 Å². The smallest absolute Gasteiger partial charge is 0.331 e. The van der Waals surface area contributed by atoms with Crippen molar-refractivity contribution in [2.45, 2.75) is 6.42 Å². The standard InChI is InChI=1S/C15H22N2O2S/c1-20-14-6-12-19-15(18)4-2-3-13(14)5-9-17-10-7-16-8-11-17/h2-4,6,16H,5,7-12H2,1H3/b4-2+,13-3-,14-6-. The van der Waals surface area contributed by atoms with Crippen molar-refractivity contribution in [2.75, 3.05) is 45.6 Å². The van der Waals surface area contributed by atoms with E-state index in [1.54, 1.807) is 17.8 Å². The Morgan fingerprint density at radius 1 is 1.40 bits per heavy atom. The zero-order valence-electron chi connectivity index (χ0n) is 11.9. The fourth-order valence-electron chi connectivity index (χ4n) is 2.34. The van der Waals surface area contributed by atoms with Crippen LogP contribution >= 0.6 is 11.8 Å². The molecule has 0 bridgehead atoms. The number of carbonyl (C=O) groups excluding carboxylic acids is 1. The number of hydrogen-bond acceptors (Lipinski definition) is 5. The van der Waals surface area contributed by atoms with Crippen molar-refractivity contribution >= 4 is 17.7 Å². The lowest BCUT2D eigenvalue weighted by molar-refractivity contribution is -0.136. The summed E-state index contributed by atoms with van der Waals surface area (Å²) in [7, 11) is 0. The number of cyclic esters (lactones) is 1. The van der Waals surface area contributed by atoms with Crippen LogP contribution in [0.5, 0.6) is 0 Å². The second-order valence-electron chi connectivity index (χ2n) is 4.80. The Morgan fingerprint density at radius 2 is 2.20 bits per heavy atom. The first kappa shape index (κ1) is 15.4. The Bertz CT molecular complexity index is 424. The highest BCUT2D eigenvalue weighted by molar-refractivity contribution is 8.02. The number of allylic oxidation sites excluding steroid dienone is 3. The van der Waals surface area contributed by atoms with Crippen molar-refractivity contribution in [1.29, 1.82) is 0 Å². The molecule has 2 heterocycles. The Balaban J connectivity index is 2.00. The minimum absolute atomic E-state index is 0.277. The first-order valence-electron chi connectivity index (χ1n) is 7.01. The van der Waals surface area contributed by atoms with Crippen molar-refractivity contribution in [3.63, 3.8) is 0 Å². The van der Waals surface area contributed by atoms with Crippen LogP contribution in [0, 0.1) is 0 Å². The van der Waals surface area contributed by atoms with Gasteiger partial charge in [0.1, 0.15) is 6.61 Å². The molecule has 0 spiro atoms. The second kappa shape index (κ2) is 8.29. The second-order valence-corrected chi connectivity index (χ2v) is 5.64. The summed E-state index contributed by atoms with van der Waals surface area (Å²) in [6.07, 6.45) is 10.4. The molecule has 2 rings (SSSR count). The van der Waals surface area contributed by atoms with Crippen LogP contribution in [0.3, 0.4) is 0 Å². The zero-order valence-corrected chi connectivity index (χ0v) is 12.7. The fourth-order valence-corrected chi connectivity index (χ4v) is 3.00. The van der Waals surface area contributed by atoms with Crippen LogP contribution in [0.2, 0.25) is 0 Å². The van der Waals surface area contributed by atoms with E-state index in [-0.39, 0.29) is 5.97 Å². The van der Waals surface area contributed by atoms with E-state index in [4.69, 9.17) is 4.74 Å². The van der Waals surface area contributed by atoms with Crippen LogP contribution < -0.4 is 5.32 Å². The van der Waals surface area contributed by atoms with E-state index >= 15 is 0 Å². The average molecular weight is 294 g/mol. The summed E-state index contributed by atoms with van der Waals surface area (Å²) in [5, 5.41) is 3.37. The van der Waals surface area contributed by atoms with Crippen LogP contribution in [-0.2, 0) is 9.53 Å². The maximum atomic E-state index is 11.3. The molecule has 0 aromatic rings. The van der Waals surface area contributed by atoms with Crippen LogP contribution in [-0.4, -0.2) is 56.5 Å². The maximum Gasteiger partial charge on any atom is 0.331 e. The molecule has 4 nitrogen and oxygen atoms in total. The molecule has 0 aromatic heterocycles. The first-order valence-corrected chi connectivity index (χ1v) is 8.23. The molecule has 1 saturated heterocycles. The van der Waals surface area contributed by atoms with Crippen LogP contribution in [0.4, 0.5) is 0 Å².